The van der Waals surface area contributed by atoms with Crippen molar-refractivity contribution in [3.05, 3.63) is 35.9 Å². The lowest BCUT2D eigenvalue weighted by Gasteiger charge is -2.34. The first-order valence-corrected chi connectivity index (χ1v) is 6.35. The zero-order chi connectivity index (χ0) is 13.7. The summed E-state index contributed by atoms with van der Waals surface area (Å²) in [6.45, 7) is 0.999. The second-order valence-corrected chi connectivity index (χ2v) is 4.69. The zero-order valence-electron chi connectivity index (χ0n) is 11.0. The van der Waals surface area contributed by atoms with Gasteiger partial charge in [0.15, 0.2) is 0 Å². The van der Waals surface area contributed by atoms with Crippen LogP contribution in [0.1, 0.15) is 12.0 Å². The van der Waals surface area contributed by atoms with Gasteiger partial charge in [0.05, 0.1) is 25.3 Å². The fourth-order valence-corrected chi connectivity index (χ4v) is 2.16. The molecule has 2 atom stereocenters. The van der Waals surface area contributed by atoms with Crippen molar-refractivity contribution in [2.24, 2.45) is 0 Å². The Balaban J connectivity index is 1.85. The Bertz CT molecular complexity index is 409. The van der Waals surface area contributed by atoms with Gasteiger partial charge in [-0.1, -0.05) is 30.3 Å². The average Bonchev–Trinajstić information content (AvgIpc) is 2.45. The lowest BCUT2D eigenvalue weighted by molar-refractivity contribution is -0.0287. The molecule has 0 saturated carbocycles. The van der Waals surface area contributed by atoms with E-state index in [9.17, 15) is 9.90 Å². The molecule has 104 valence electrons. The van der Waals surface area contributed by atoms with Crippen LogP contribution in [0.2, 0.25) is 0 Å². The fourth-order valence-electron chi connectivity index (χ4n) is 2.16. The van der Waals surface area contributed by atoms with Crippen LogP contribution in [0.25, 0.3) is 0 Å². The SMILES string of the molecule is CO[C@@H]1C[C@@H](O)CN(C(=O)OCc2ccccc2)C1. The second-order valence-electron chi connectivity index (χ2n) is 4.69. The number of piperidine rings is 1. The van der Waals surface area contributed by atoms with Gasteiger partial charge in [-0.2, -0.15) is 0 Å². The molecule has 1 aliphatic rings. The molecule has 0 bridgehead atoms. The van der Waals surface area contributed by atoms with E-state index in [4.69, 9.17) is 9.47 Å². The van der Waals surface area contributed by atoms with E-state index in [1.54, 1.807) is 7.11 Å². The van der Waals surface area contributed by atoms with E-state index in [0.717, 1.165) is 5.56 Å². The third-order valence-electron chi connectivity index (χ3n) is 3.19. The summed E-state index contributed by atoms with van der Waals surface area (Å²) < 4.78 is 10.4. The Labute approximate surface area is 112 Å². The largest absolute Gasteiger partial charge is 0.445 e. The maximum Gasteiger partial charge on any atom is 0.410 e. The van der Waals surface area contributed by atoms with E-state index in [1.165, 1.54) is 4.90 Å². The molecule has 0 aromatic heterocycles. The minimum Gasteiger partial charge on any atom is -0.445 e. The van der Waals surface area contributed by atoms with E-state index in [-0.39, 0.29) is 12.7 Å². The van der Waals surface area contributed by atoms with Crippen LogP contribution in [0.15, 0.2) is 30.3 Å². The highest BCUT2D eigenvalue weighted by Crippen LogP contribution is 2.14. The lowest BCUT2D eigenvalue weighted by Crippen LogP contribution is -2.49. The minimum absolute atomic E-state index is 0.131. The van der Waals surface area contributed by atoms with Gasteiger partial charge in [0, 0.05) is 13.5 Å². The van der Waals surface area contributed by atoms with Gasteiger partial charge in [-0.25, -0.2) is 4.79 Å². The highest BCUT2D eigenvalue weighted by molar-refractivity contribution is 5.67. The van der Waals surface area contributed by atoms with Gasteiger partial charge in [-0.3, -0.25) is 0 Å². The first kappa shape index (κ1) is 13.8. The molecule has 0 radical (unpaired) electrons. The quantitative estimate of drug-likeness (QED) is 0.897. The molecule has 5 nitrogen and oxygen atoms in total. The average molecular weight is 265 g/mol. The van der Waals surface area contributed by atoms with Crippen molar-refractivity contribution >= 4 is 6.09 Å². The van der Waals surface area contributed by atoms with Gasteiger partial charge in [-0.05, 0) is 5.56 Å². The summed E-state index contributed by atoms with van der Waals surface area (Å²) in [7, 11) is 1.58. The molecule has 1 heterocycles. The molecule has 1 saturated heterocycles. The number of β-amino-alcohol motifs (C(OH)–C–C–N with tert-alkyl or cyclic N) is 1. The van der Waals surface area contributed by atoms with Gasteiger partial charge in [0.25, 0.3) is 0 Å². The molecule has 19 heavy (non-hydrogen) atoms. The predicted octanol–water partition coefficient (Wildman–Crippen LogP) is 1.40. The molecule has 1 N–H and O–H groups in total. The summed E-state index contributed by atoms with van der Waals surface area (Å²) >= 11 is 0. The highest BCUT2D eigenvalue weighted by atomic mass is 16.6. The van der Waals surface area contributed by atoms with Gasteiger partial charge in [0.2, 0.25) is 0 Å². The molecule has 1 fully saturated rings. The molecule has 1 amide bonds. The molecule has 5 heteroatoms. The lowest BCUT2D eigenvalue weighted by atomic mass is 10.1. The van der Waals surface area contributed by atoms with Gasteiger partial charge >= 0.3 is 6.09 Å². The Morgan fingerprint density at radius 2 is 2.11 bits per heavy atom. The fraction of sp³-hybridized carbons (Fsp3) is 0.500. The molecule has 0 unspecified atom stereocenters. The number of amides is 1. The normalized spacial score (nSPS) is 23.2. The summed E-state index contributed by atoms with van der Waals surface area (Å²) in [6.07, 6.45) is -0.542. The van der Waals surface area contributed by atoms with E-state index < -0.39 is 12.2 Å². The number of benzene rings is 1. The van der Waals surface area contributed by atoms with E-state index in [2.05, 4.69) is 0 Å². The summed E-state index contributed by atoms with van der Waals surface area (Å²) in [5, 5.41) is 9.69. The maximum atomic E-state index is 11.9. The van der Waals surface area contributed by atoms with Crippen LogP contribution in [0.5, 0.6) is 0 Å². The molecule has 1 aliphatic heterocycles. The number of hydrogen-bond donors (Lipinski definition) is 1. The van der Waals surface area contributed by atoms with Gasteiger partial charge < -0.3 is 19.5 Å². The van der Waals surface area contributed by atoms with Crippen molar-refractivity contribution in [3.8, 4) is 0 Å². The van der Waals surface area contributed by atoms with Crippen molar-refractivity contribution in [2.45, 2.75) is 25.2 Å². The van der Waals surface area contributed by atoms with Crippen LogP contribution in [0, 0.1) is 0 Å². The van der Waals surface area contributed by atoms with Gasteiger partial charge in [0.1, 0.15) is 6.61 Å². The number of likely N-dealkylation sites (tertiary alicyclic amines) is 1. The van der Waals surface area contributed by atoms with Crippen LogP contribution < -0.4 is 0 Å². The van der Waals surface area contributed by atoms with Crippen molar-refractivity contribution < 1.29 is 19.4 Å². The summed E-state index contributed by atoms with van der Waals surface area (Å²) in [6, 6.07) is 9.51. The number of aliphatic hydroxyl groups excluding tert-OH is 1. The van der Waals surface area contributed by atoms with Crippen LogP contribution in [0.4, 0.5) is 4.79 Å². The Morgan fingerprint density at radius 3 is 2.79 bits per heavy atom. The van der Waals surface area contributed by atoms with E-state index in [0.29, 0.717) is 19.5 Å². The topological polar surface area (TPSA) is 59.0 Å². The van der Waals surface area contributed by atoms with Crippen molar-refractivity contribution in [2.75, 3.05) is 20.2 Å². The maximum absolute atomic E-state index is 11.9. The molecule has 0 spiro atoms. The highest BCUT2D eigenvalue weighted by Gasteiger charge is 2.29. The number of ether oxygens (including phenoxy) is 2. The number of aliphatic hydroxyl groups is 1. The predicted molar refractivity (Wildman–Crippen MR) is 69.6 cm³/mol. The van der Waals surface area contributed by atoms with Crippen molar-refractivity contribution in [3.63, 3.8) is 0 Å². The number of hydrogen-bond acceptors (Lipinski definition) is 4. The first-order chi connectivity index (χ1) is 9.19. The first-order valence-electron chi connectivity index (χ1n) is 6.35. The van der Waals surface area contributed by atoms with Crippen LogP contribution in [-0.4, -0.2) is 48.5 Å². The molecular weight excluding hydrogens is 246 g/mol. The summed E-state index contributed by atoms with van der Waals surface area (Å²) in [5.74, 6) is 0. The second kappa shape index (κ2) is 6.54. The smallest absolute Gasteiger partial charge is 0.410 e. The monoisotopic (exact) mass is 265 g/mol. The minimum atomic E-state index is -0.553. The third-order valence-corrected chi connectivity index (χ3v) is 3.19. The molecular formula is C14H19NO4. The number of carbonyl (C=O) groups is 1. The van der Waals surface area contributed by atoms with Crippen LogP contribution in [0.3, 0.4) is 0 Å². The molecule has 1 aromatic carbocycles. The van der Waals surface area contributed by atoms with Crippen molar-refractivity contribution in [1.29, 1.82) is 0 Å². The summed E-state index contributed by atoms with van der Waals surface area (Å²) in [4.78, 5) is 13.4. The number of methoxy groups -OCH3 is 1. The van der Waals surface area contributed by atoms with Crippen LogP contribution >= 0.6 is 0 Å². The van der Waals surface area contributed by atoms with Crippen LogP contribution in [-0.2, 0) is 16.1 Å². The number of nitrogens with zero attached hydrogens (tertiary/aromatic N) is 1. The van der Waals surface area contributed by atoms with E-state index in [1.807, 2.05) is 30.3 Å². The zero-order valence-corrected chi connectivity index (χ0v) is 11.0. The third kappa shape index (κ3) is 3.94. The Hall–Kier alpha value is -1.59. The molecule has 1 aromatic rings. The Kier molecular flexibility index (Phi) is 4.76. The number of rotatable bonds is 3. The van der Waals surface area contributed by atoms with E-state index >= 15 is 0 Å². The Morgan fingerprint density at radius 1 is 1.37 bits per heavy atom. The number of carbonyl (C=O) groups excluding carboxylic acids is 1. The summed E-state index contributed by atoms with van der Waals surface area (Å²) in [5.41, 5.74) is 0.941. The van der Waals surface area contributed by atoms with Gasteiger partial charge in [-0.15, -0.1) is 0 Å². The molecule has 2 rings (SSSR count). The van der Waals surface area contributed by atoms with Crippen molar-refractivity contribution in [1.82, 2.24) is 4.90 Å². The molecule has 0 aliphatic carbocycles. The standard InChI is InChI=1S/C14H19NO4/c1-18-13-7-12(16)8-15(9-13)14(17)19-10-11-5-3-2-4-6-11/h2-6,12-13,16H,7-10H2,1H3/t12-,13-/m1/s1.